The topological polar surface area (TPSA) is 41.6 Å². The maximum absolute atomic E-state index is 13.8. The van der Waals surface area contributed by atoms with Crippen molar-refractivity contribution >= 4 is 40.5 Å². The fourth-order valence-corrected chi connectivity index (χ4v) is 5.49. The Balaban J connectivity index is 1.77. The highest BCUT2D eigenvalue weighted by Gasteiger charge is 2.41. The lowest BCUT2D eigenvalue weighted by molar-refractivity contribution is -0.139. The van der Waals surface area contributed by atoms with Crippen LogP contribution in [0.1, 0.15) is 47.7 Å². The average molecular weight is 572 g/mol. The first-order valence-electron chi connectivity index (χ1n) is 13.4. The van der Waals surface area contributed by atoms with Gasteiger partial charge in [0.15, 0.2) is 0 Å². The molecule has 1 aliphatic heterocycles. The third kappa shape index (κ3) is 6.04. The second-order valence-electron chi connectivity index (χ2n) is 10.1. The second kappa shape index (κ2) is 12.2. The van der Waals surface area contributed by atoms with Crippen LogP contribution in [0.4, 0.5) is 11.4 Å². The molecule has 1 heterocycles. The lowest BCUT2D eigenvalue weighted by atomic mass is 9.83. The number of carbonyl (C=O) groups excluding carboxylic acids is 1. The Bertz CT molecular complexity index is 1500. The van der Waals surface area contributed by atoms with Crippen molar-refractivity contribution in [3.63, 3.8) is 0 Å². The van der Waals surface area contributed by atoms with E-state index in [1.807, 2.05) is 55.5 Å². The molecule has 4 aromatic rings. The number of nitrogens with one attached hydrogen (secondary N) is 1. The van der Waals surface area contributed by atoms with E-state index in [2.05, 4.69) is 72.6 Å². The summed E-state index contributed by atoms with van der Waals surface area (Å²) in [5, 5.41) is 4.88. The lowest BCUT2D eigenvalue weighted by Gasteiger charge is -2.46. The maximum Gasteiger partial charge on any atom is 0.338 e. The number of anilines is 2. The molecule has 2 atom stereocenters. The summed E-state index contributed by atoms with van der Waals surface area (Å²) in [6, 6.07) is 31.8. The van der Waals surface area contributed by atoms with Crippen molar-refractivity contribution in [1.82, 2.24) is 0 Å². The first-order chi connectivity index (χ1) is 19.3. The van der Waals surface area contributed by atoms with Crippen LogP contribution in [0.5, 0.6) is 0 Å². The minimum atomic E-state index is -0.421. The predicted molar refractivity (Wildman–Crippen MR) is 165 cm³/mol. The van der Waals surface area contributed by atoms with E-state index in [1.165, 1.54) is 5.56 Å². The standard InChI is InChI=1S/C34H32Cl2N2O2/c1-4-40-34(39)32-30(37-28-17-13-26(35)14-18-28)21-31(24-9-5-22(2)6-10-24)38(29-19-15-27(36)16-20-29)33(32)25-11-7-23(3)8-12-25/h5-20,31,33,37H,4,21H2,1-3H3/t31-,33+/m0/s1. The number of hydrogen-bond donors (Lipinski definition) is 1. The molecular formula is C34H32Cl2N2O2. The van der Waals surface area contributed by atoms with Crippen LogP contribution in [0.15, 0.2) is 108 Å². The Kier molecular flexibility index (Phi) is 8.49. The summed E-state index contributed by atoms with van der Waals surface area (Å²) in [5.41, 5.74) is 7.70. The summed E-state index contributed by atoms with van der Waals surface area (Å²) < 4.78 is 5.70. The molecule has 204 valence electrons. The highest BCUT2D eigenvalue weighted by molar-refractivity contribution is 6.30. The van der Waals surface area contributed by atoms with Gasteiger partial charge in [0, 0.05) is 33.5 Å². The molecule has 0 bridgehead atoms. The van der Waals surface area contributed by atoms with Crippen LogP contribution < -0.4 is 10.2 Å². The van der Waals surface area contributed by atoms with E-state index >= 15 is 0 Å². The lowest BCUT2D eigenvalue weighted by Crippen LogP contribution is -2.41. The summed E-state index contributed by atoms with van der Waals surface area (Å²) in [7, 11) is 0. The van der Waals surface area contributed by atoms with Gasteiger partial charge in [-0.25, -0.2) is 4.79 Å². The smallest absolute Gasteiger partial charge is 0.338 e. The van der Waals surface area contributed by atoms with E-state index in [0.717, 1.165) is 33.8 Å². The van der Waals surface area contributed by atoms with Gasteiger partial charge in [0.05, 0.1) is 24.3 Å². The van der Waals surface area contributed by atoms with Crippen LogP contribution >= 0.6 is 23.2 Å². The quantitative estimate of drug-likeness (QED) is 0.225. The molecule has 0 fully saturated rings. The molecule has 0 spiro atoms. The molecule has 0 saturated carbocycles. The molecule has 1 aliphatic rings. The molecule has 4 aromatic carbocycles. The summed E-state index contributed by atoms with van der Waals surface area (Å²) in [5.74, 6) is -0.342. The first kappa shape index (κ1) is 27.8. The van der Waals surface area contributed by atoms with Crippen LogP contribution in [0, 0.1) is 13.8 Å². The molecule has 6 heteroatoms. The van der Waals surface area contributed by atoms with Gasteiger partial charge in [0.1, 0.15) is 0 Å². The zero-order valence-corrected chi connectivity index (χ0v) is 24.3. The minimum Gasteiger partial charge on any atom is -0.463 e. The second-order valence-corrected chi connectivity index (χ2v) is 10.9. The van der Waals surface area contributed by atoms with Gasteiger partial charge in [0.25, 0.3) is 0 Å². The van der Waals surface area contributed by atoms with Crippen molar-refractivity contribution in [2.45, 2.75) is 39.3 Å². The van der Waals surface area contributed by atoms with Crippen molar-refractivity contribution in [3.05, 3.63) is 141 Å². The third-order valence-corrected chi connectivity index (χ3v) is 7.73. The average Bonchev–Trinajstić information content (AvgIpc) is 2.95. The molecular weight excluding hydrogens is 539 g/mol. The number of nitrogens with zero attached hydrogens (tertiary/aromatic N) is 1. The summed E-state index contributed by atoms with van der Waals surface area (Å²) in [6.07, 6.45) is 0.560. The first-order valence-corrected chi connectivity index (χ1v) is 14.2. The van der Waals surface area contributed by atoms with Gasteiger partial charge in [-0.3, -0.25) is 0 Å². The van der Waals surface area contributed by atoms with Crippen molar-refractivity contribution in [2.24, 2.45) is 0 Å². The zero-order valence-electron chi connectivity index (χ0n) is 22.8. The number of rotatable bonds is 7. The molecule has 40 heavy (non-hydrogen) atoms. The number of esters is 1. The molecule has 0 radical (unpaired) electrons. The molecule has 0 saturated heterocycles. The highest BCUT2D eigenvalue weighted by atomic mass is 35.5. The Labute approximate surface area is 246 Å². The molecule has 1 N–H and O–H groups in total. The zero-order chi connectivity index (χ0) is 28.2. The van der Waals surface area contributed by atoms with Crippen molar-refractivity contribution in [2.75, 3.05) is 16.8 Å². The van der Waals surface area contributed by atoms with Crippen LogP contribution in [0.3, 0.4) is 0 Å². The molecule has 0 aromatic heterocycles. The van der Waals surface area contributed by atoms with Crippen LogP contribution in [0.2, 0.25) is 10.0 Å². The highest BCUT2D eigenvalue weighted by Crippen LogP contribution is 2.48. The SMILES string of the molecule is CCOC(=O)C1=C(Nc2ccc(Cl)cc2)C[C@@H](c2ccc(C)cc2)N(c2ccc(Cl)cc2)[C@@H]1c1ccc(C)cc1. The van der Waals surface area contributed by atoms with Gasteiger partial charge in [-0.1, -0.05) is 82.9 Å². The van der Waals surface area contributed by atoms with Crippen LogP contribution in [-0.4, -0.2) is 12.6 Å². The molecule has 5 rings (SSSR count). The number of ether oxygens (including phenoxy) is 1. The Hall–Kier alpha value is -3.73. The summed E-state index contributed by atoms with van der Waals surface area (Å²) >= 11 is 12.5. The normalized spacial score (nSPS) is 17.1. The Morgan fingerprint density at radius 2 is 1.32 bits per heavy atom. The Morgan fingerprint density at radius 1 is 0.800 bits per heavy atom. The largest absolute Gasteiger partial charge is 0.463 e. The number of benzene rings is 4. The number of halogens is 2. The monoisotopic (exact) mass is 570 g/mol. The van der Waals surface area contributed by atoms with Gasteiger partial charge in [-0.05, 0) is 80.4 Å². The fraction of sp³-hybridized carbons (Fsp3) is 0.206. The van der Waals surface area contributed by atoms with Crippen molar-refractivity contribution < 1.29 is 9.53 Å². The van der Waals surface area contributed by atoms with Crippen LogP contribution in [0.25, 0.3) is 0 Å². The number of hydrogen-bond acceptors (Lipinski definition) is 4. The third-order valence-electron chi connectivity index (χ3n) is 7.22. The van der Waals surface area contributed by atoms with E-state index in [1.54, 1.807) is 0 Å². The van der Waals surface area contributed by atoms with Crippen LogP contribution in [-0.2, 0) is 9.53 Å². The van der Waals surface area contributed by atoms with Crippen molar-refractivity contribution in [1.29, 1.82) is 0 Å². The predicted octanol–water partition coefficient (Wildman–Crippen LogP) is 9.23. The number of aryl methyl sites for hydroxylation is 2. The van der Waals surface area contributed by atoms with E-state index < -0.39 is 6.04 Å². The van der Waals surface area contributed by atoms with E-state index in [4.69, 9.17) is 27.9 Å². The summed E-state index contributed by atoms with van der Waals surface area (Å²) in [6.45, 7) is 6.26. The van der Waals surface area contributed by atoms with Gasteiger partial charge >= 0.3 is 5.97 Å². The van der Waals surface area contributed by atoms with Gasteiger partial charge in [-0.2, -0.15) is 0 Å². The minimum absolute atomic E-state index is 0.0824. The van der Waals surface area contributed by atoms with Crippen molar-refractivity contribution in [3.8, 4) is 0 Å². The van der Waals surface area contributed by atoms with E-state index in [-0.39, 0.29) is 18.6 Å². The molecule has 0 aliphatic carbocycles. The molecule has 0 unspecified atom stereocenters. The van der Waals surface area contributed by atoms with Gasteiger partial charge in [0.2, 0.25) is 0 Å². The van der Waals surface area contributed by atoms with Gasteiger partial charge < -0.3 is 15.0 Å². The van der Waals surface area contributed by atoms with E-state index in [9.17, 15) is 4.79 Å². The molecule has 4 nitrogen and oxygen atoms in total. The molecule has 0 amide bonds. The summed E-state index contributed by atoms with van der Waals surface area (Å²) in [4.78, 5) is 16.2. The Morgan fingerprint density at radius 3 is 1.88 bits per heavy atom. The maximum atomic E-state index is 13.8. The fourth-order valence-electron chi connectivity index (χ4n) is 5.24. The number of carbonyl (C=O) groups is 1. The van der Waals surface area contributed by atoms with E-state index in [0.29, 0.717) is 22.0 Å². The van der Waals surface area contributed by atoms with Gasteiger partial charge in [-0.15, -0.1) is 0 Å².